The minimum absolute atomic E-state index is 0.0319. The summed E-state index contributed by atoms with van der Waals surface area (Å²) in [5.74, 6) is -5.72. The highest BCUT2D eigenvalue weighted by Crippen LogP contribution is 2.28. The lowest BCUT2D eigenvalue weighted by Gasteiger charge is -2.19. The zero-order chi connectivity index (χ0) is 38.9. The molecule has 1 fully saturated rings. The van der Waals surface area contributed by atoms with Crippen LogP contribution in [0.4, 0.5) is 22.7 Å². The number of hydrogen-bond acceptors (Lipinski definition) is 13. The number of aliphatic hydroxyl groups is 2. The number of thioether (sulfide) groups is 1. The van der Waals surface area contributed by atoms with Gasteiger partial charge in [-0.25, -0.2) is 0 Å². The van der Waals surface area contributed by atoms with Crippen LogP contribution in [0.1, 0.15) is 32.1 Å². The van der Waals surface area contributed by atoms with E-state index < -0.39 is 65.5 Å². The number of rotatable bonds is 21. The van der Waals surface area contributed by atoms with E-state index in [1.165, 1.54) is 11.8 Å². The van der Waals surface area contributed by atoms with Crippen LogP contribution in [0.25, 0.3) is 0 Å². The van der Waals surface area contributed by atoms with Crippen molar-refractivity contribution in [2.45, 2.75) is 49.6 Å². The molecule has 2 aromatic rings. The molecule has 0 aromatic heterocycles. The van der Waals surface area contributed by atoms with Crippen molar-refractivity contribution in [3.63, 3.8) is 0 Å². The number of azo groups is 1. The van der Waals surface area contributed by atoms with E-state index in [1.54, 1.807) is 48.5 Å². The average molecular weight is 759 g/mol. The minimum Gasteiger partial charge on any atom is -0.481 e. The van der Waals surface area contributed by atoms with E-state index in [9.17, 15) is 43.8 Å². The van der Waals surface area contributed by atoms with Gasteiger partial charge < -0.3 is 52.3 Å². The predicted octanol–water partition coefficient (Wildman–Crippen LogP) is 0.529. The van der Waals surface area contributed by atoms with Gasteiger partial charge in [0.05, 0.1) is 42.2 Å². The van der Waals surface area contributed by atoms with Crippen molar-refractivity contribution in [2.75, 3.05) is 42.6 Å². The van der Waals surface area contributed by atoms with Gasteiger partial charge in [-0.2, -0.15) is 10.2 Å². The number of carbonyl (C=O) groups is 7. The second kappa shape index (κ2) is 21.2. The number of anilines is 2. The highest BCUT2D eigenvalue weighted by Gasteiger charge is 2.39. The highest BCUT2D eigenvalue weighted by molar-refractivity contribution is 8.00. The molecule has 2 aromatic carbocycles. The summed E-state index contributed by atoms with van der Waals surface area (Å²) in [5.41, 5.74) is 7.21. The second-order valence-corrected chi connectivity index (χ2v) is 13.1. The molecule has 1 aliphatic rings. The molecule has 286 valence electrons. The Morgan fingerprint density at radius 1 is 0.830 bits per heavy atom. The van der Waals surface area contributed by atoms with Crippen molar-refractivity contribution in [3.8, 4) is 0 Å². The third-order valence-electron chi connectivity index (χ3n) is 7.70. The Balaban J connectivity index is 1.34. The molecule has 0 aliphatic carbocycles. The molecule has 3 unspecified atom stereocenters. The van der Waals surface area contributed by atoms with Gasteiger partial charge >= 0.3 is 11.9 Å². The number of hydrogen-bond donors (Lipinski definition) is 9. The molecule has 20 heteroatoms. The zero-order valence-corrected chi connectivity index (χ0v) is 29.3. The van der Waals surface area contributed by atoms with Crippen molar-refractivity contribution in [3.05, 3.63) is 48.5 Å². The van der Waals surface area contributed by atoms with Crippen molar-refractivity contribution in [2.24, 2.45) is 21.9 Å². The summed E-state index contributed by atoms with van der Waals surface area (Å²) < 4.78 is 0. The van der Waals surface area contributed by atoms with Gasteiger partial charge in [-0.1, -0.05) is 0 Å². The van der Waals surface area contributed by atoms with Gasteiger partial charge in [0.2, 0.25) is 29.5 Å². The Bertz CT molecular complexity index is 1640. The number of aliphatic carboxylic acids is 2. The summed E-state index contributed by atoms with van der Waals surface area (Å²) in [7, 11) is 0. The molecule has 4 atom stereocenters. The first-order chi connectivity index (χ1) is 25.2. The number of carboxylic acids is 2. The van der Waals surface area contributed by atoms with E-state index in [-0.39, 0.29) is 57.7 Å². The molecule has 5 amide bonds. The fourth-order valence-corrected chi connectivity index (χ4v) is 5.91. The lowest BCUT2D eigenvalue weighted by atomic mass is 9.94. The second-order valence-electron chi connectivity index (χ2n) is 11.8. The Morgan fingerprint density at radius 2 is 1.38 bits per heavy atom. The van der Waals surface area contributed by atoms with E-state index in [0.29, 0.717) is 28.5 Å². The molecular formula is C33H42N8O11S. The summed E-state index contributed by atoms with van der Waals surface area (Å²) in [4.78, 5) is 84.6. The normalized spacial score (nSPS) is 16.5. The molecule has 0 radical (unpaired) electrons. The van der Waals surface area contributed by atoms with Crippen molar-refractivity contribution in [1.29, 1.82) is 0 Å². The van der Waals surface area contributed by atoms with E-state index in [2.05, 4.69) is 31.5 Å². The molecule has 1 saturated heterocycles. The van der Waals surface area contributed by atoms with E-state index >= 15 is 0 Å². The van der Waals surface area contributed by atoms with Crippen LogP contribution in [0.15, 0.2) is 58.8 Å². The standard InChI is InChI=1S/C33H42N8O11S/c34-24(33(51)52)14-19(32(49)50)2-1-3-26(43)35-16-27(44)36-17-28(45)37-20-4-8-22(9-5-20)39-40-23-10-6-21(7-11-23)38-29(46)18-41-30(47)15-25(31(41)48)53-13-12-42/h4-11,19,24-25,30,42,47H,1-3,12-18,34H2,(H,35,43)(H,36,44)(H,37,45)(H,38,46)(H,49,50)(H,51,52)/t19?,24-,25?,30?/m0/s1. The zero-order valence-electron chi connectivity index (χ0n) is 28.5. The number of carbonyl (C=O) groups excluding carboxylic acids is 5. The van der Waals surface area contributed by atoms with Crippen LogP contribution in [0.5, 0.6) is 0 Å². The van der Waals surface area contributed by atoms with Gasteiger partial charge in [0.15, 0.2) is 0 Å². The van der Waals surface area contributed by atoms with Crippen LogP contribution in [0.2, 0.25) is 0 Å². The number of aliphatic hydroxyl groups excluding tert-OH is 2. The first-order valence-electron chi connectivity index (χ1n) is 16.4. The fraction of sp³-hybridized carbons (Fsp3) is 0.424. The van der Waals surface area contributed by atoms with Crippen molar-refractivity contribution >= 4 is 76.0 Å². The largest absolute Gasteiger partial charge is 0.481 e. The summed E-state index contributed by atoms with van der Waals surface area (Å²) in [5, 5.41) is 55.0. The van der Waals surface area contributed by atoms with Crippen molar-refractivity contribution < 1.29 is 54.0 Å². The van der Waals surface area contributed by atoms with Gasteiger partial charge in [0, 0.05) is 30.0 Å². The Morgan fingerprint density at radius 3 is 1.92 bits per heavy atom. The molecule has 0 bridgehead atoms. The minimum atomic E-state index is -1.33. The molecule has 19 nitrogen and oxygen atoms in total. The lowest BCUT2D eigenvalue weighted by Crippen LogP contribution is -2.40. The topological polar surface area (TPSA) is 303 Å². The molecule has 0 spiro atoms. The molecule has 3 rings (SSSR count). The monoisotopic (exact) mass is 758 g/mol. The molecule has 1 heterocycles. The summed E-state index contributed by atoms with van der Waals surface area (Å²) in [6.45, 7) is -1.19. The molecular weight excluding hydrogens is 716 g/mol. The van der Waals surface area contributed by atoms with Gasteiger partial charge in [-0.3, -0.25) is 33.6 Å². The van der Waals surface area contributed by atoms with E-state index in [0.717, 1.165) is 4.90 Å². The van der Waals surface area contributed by atoms with Gasteiger partial charge in [-0.05, 0) is 67.8 Å². The first-order valence-corrected chi connectivity index (χ1v) is 17.5. The van der Waals surface area contributed by atoms with E-state index in [1.807, 2.05) is 0 Å². The molecule has 10 N–H and O–H groups in total. The van der Waals surface area contributed by atoms with Crippen molar-refractivity contribution in [1.82, 2.24) is 15.5 Å². The predicted molar refractivity (Wildman–Crippen MR) is 191 cm³/mol. The first kappa shape index (κ1) is 42.0. The molecule has 53 heavy (non-hydrogen) atoms. The third kappa shape index (κ3) is 14.6. The molecule has 1 aliphatic heterocycles. The summed E-state index contributed by atoms with van der Waals surface area (Å²) in [6, 6.07) is 11.5. The smallest absolute Gasteiger partial charge is 0.320 e. The van der Waals surface area contributed by atoms with Gasteiger partial charge in [0.1, 0.15) is 18.8 Å². The number of benzene rings is 2. The van der Waals surface area contributed by atoms with Crippen LogP contribution < -0.4 is 27.0 Å². The number of nitrogens with two attached hydrogens (primary N) is 1. The number of nitrogens with one attached hydrogen (secondary N) is 4. The maximum absolute atomic E-state index is 12.5. The highest BCUT2D eigenvalue weighted by atomic mass is 32.2. The molecule has 0 saturated carbocycles. The maximum Gasteiger partial charge on any atom is 0.320 e. The Labute approximate surface area is 307 Å². The summed E-state index contributed by atoms with van der Waals surface area (Å²) >= 11 is 1.23. The summed E-state index contributed by atoms with van der Waals surface area (Å²) in [6.07, 6.45) is -1.09. The van der Waals surface area contributed by atoms with E-state index in [4.69, 9.17) is 15.9 Å². The number of likely N-dealkylation sites (tertiary alicyclic amines) is 1. The number of carboxylic acid groups (broad SMARTS) is 2. The average Bonchev–Trinajstić information content (AvgIpc) is 3.39. The van der Waals surface area contributed by atoms with Gasteiger partial charge in [0.25, 0.3) is 0 Å². The van der Waals surface area contributed by atoms with Crippen LogP contribution >= 0.6 is 11.8 Å². The lowest BCUT2D eigenvalue weighted by molar-refractivity contribution is -0.144. The number of amides is 5. The third-order valence-corrected chi connectivity index (χ3v) is 8.92. The SMILES string of the molecule is N[C@@H](CC(CCCC(=O)NCC(=O)NCC(=O)Nc1ccc(N=Nc2ccc(NC(=O)CN3C(=O)C(SCCO)CC3O)cc2)cc1)C(=O)O)C(=O)O. The quantitative estimate of drug-likeness (QED) is 0.0786. The Kier molecular flexibility index (Phi) is 16.8. The van der Waals surface area contributed by atoms with Crippen LogP contribution in [0.3, 0.4) is 0 Å². The van der Waals surface area contributed by atoms with Gasteiger partial charge in [-0.15, -0.1) is 11.8 Å². The van der Waals surface area contributed by atoms with Crippen LogP contribution in [-0.4, -0.2) is 116 Å². The van der Waals surface area contributed by atoms with Crippen LogP contribution in [-0.2, 0) is 33.6 Å². The van der Waals surface area contributed by atoms with Crippen LogP contribution in [0, 0.1) is 5.92 Å². The maximum atomic E-state index is 12.5. The number of nitrogens with zero attached hydrogens (tertiary/aromatic N) is 3. The Hall–Kier alpha value is -5.44. The fourth-order valence-electron chi connectivity index (χ4n) is 4.93.